The predicted octanol–water partition coefficient (Wildman–Crippen LogP) is 4.53. The lowest BCUT2D eigenvalue weighted by Crippen LogP contribution is -2.22. The first-order valence-electron chi connectivity index (χ1n) is 6.98. The Morgan fingerprint density at radius 2 is 1.83 bits per heavy atom. The van der Waals surface area contributed by atoms with E-state index in [2.05, 4.69) is 0 Å². The zero-order valence-corrected chi connectivity index (χ0v) is 15.5. The fraction of sp³-hybridized carbons (Fsp3) is 0.500. The third-order valence-electron chi connectivity index (χ3n) is 2.60. The molecule has 1 aromatic rings. The smallest absolute Gasteiger partial charge is 0.370 e. The SMILES string of the molecule is CCOP(=O)(OCC)C(C)OC(=O)COc1ccc(Cl)cc1Cl. The van der Waals surface area contributed by atoms with E-state index < -0.39 is 26.0 Å². The highest BCUT2D eigenvalue weighted by Gasteiger charge is 2.35. The van der Waals surface area contributed by atoms with Gasteiger partial charge in [-0.05, 0) is 39.0 Å². The maximum Gasteiger partial charge on any atom is 0.370 e. The average molecular weight is 385 g/mol. The van der Waals surface area contributed by atoms with E-state index in [1.165, 1.54) is 19.1 Å². The molecular weight excluding hydrogens is 366 g/mol. The van der Waals surface area contributed by atoms with Crippen LogP contribution in [0.5, 0.6) is 5.75 Å². The molecule has 1 aromatic carbocycles. The molecule has 0 aliphatic heterocycles. The molecule has 1 atom stereocenters. The quantitative estimate of drug-likeness (QED) is 0.460. The molecular formula is C14H19Cl2O6P. The molecule has 0 fully saturated rings. The fourth-order valence-electron chi connectivity index (χ4n) is 1.62. The van der Waals surface area contributed by atoms with Crippen molar-refractivity contribution in [2.75, 3.05) is 19.8 Å². The zero-order chi connectivity index (χ0) is 17.5. The number of esters is 1. The number of carbonyl (C=O) groups excluding carboxylic acids is 1. The van der Waals surface area contributed by atoms with Crippen LogP contribution in [0.1, 0.15) is 20.8 Å². The minimum atomic E-state index is -3.52. The molecule has 0 radical (unpaired) electrons. The molecule has 0 bridgehead atoms. The molecule has 0 saturated heterocycles. The molecule has 0 amide bonds. The van der Waals surface area contributed by atoms with Gasteiger partial charge in [0.2, 0.25) is 0 Å². The van der Waals surface area contributed by atoms with Crippen LogP contribution >= 0.6 is 30.8 Å². The molecule has 130 valence electrons. The van der Waals surface area contributed by atoms with E-state index in [0.29, 0.717) is 10.8 Å². The molecule has 0 spiro atoms. The molecule has 1 unspecified atom stereocenters. The van der Waals surface area contributed by atoms with Gasteiger partial charge in [0.05, 0.1) is 18.2 Å². The highest BCUT2D eigenvalue weighted by atomic mass is 35.5. The van der Waals surface area contributed by atoms with Crippen molar-refractivity contribution in [1.29, 1.82) is 0 Å². The summed E-state index contributed by atoms with van der Waals surface area (Å²) in [6.07, 6.45) is 0. The number of rotatable bonds is 9. The Kier molecular flexibility index (Phi) is 8.37. The van der Waals surface area contributed by atoms with Gasteiger partial charge in [-0.1, -0.05) is 23.2 Å². The number of halogens is 2. The van der Waals surface area contributed by atoms with E-state index >= 15 is 0 Å². The largest absolute Gasteiger partial charge is 0.480 e. The van der Waals surface area contributed by atoms with Crippen molar-refractivity contribution in [3.05, 3.63) is 28.2 Å². The summed E-state index contributed by atoms with van der Waals surface area (Å²) in [7, 11) is -3.52. The number of hydrogen-bond donors (Lipinski definition) is 0. The Hall–Kier alpha value is -0.780. The van der Waals surface area contributed by atoms with Gasteiger partial charge < -0.3 is 18.5 Å². The number of benzene rings is 1. The number of carbonyl (C=O) groups is 1. The summed E-state index contributed by atoms with van der Waals surface area (Å²) in [4.78, 5) is 11.8. The summed E-state index contributed by atoms with van der Waals surface area (Å²) in [5.74, 6) is -1.47. The van der Waals surface area contributed by atoms with Gasteiger partial charge in [0.25, 0.3) is 0 Å². The molecule has 6 nitrogen and oxygen atoms in total. The molecule has 0 heterocycles. The van der Waals surface area contributed by atoms with E-state index in [9.17, 15) is 9.36 Å². The predicted molar refractivity (Wildman–Crippen MR) is 88.4 cm³/mol. The van der Waals surface area contributed by atoms with Crippen LogP contribution in [0.15, 0.2) is 18.2 Å². The van der Waals surface area contributed by atoms with Gasteiger partial charge in [0, 0.05) is 5.02 Å². The van der Waals surface area contributed by atoms with Gasteiger partial charge >= 0.3 is 13.6 Å². The van der Waals surface area contributed by atoms with E-state index in [1.54, 1.807) is 19.9 Å². The summed E-state index contributed by atoms with van der Waals surface area (Å²) in [5, 5.41) is 0.723. The summed E-state index contributed by atoms with van der Waals surface area (Å²) in [6.45, 7) is 4.74. The van der Waals surface area contributed by atoms with Gasteiger partial charge in [-0.15, -0.1) is 0 Å². The van der Waals surface area contributed by atoms with Crippen LogP contribution in [0.25, 0.3) is 0 Å². The van der Waals surface area contributed by atoms with Crippen LogP contribution in [-0.2, 0) is 23.1 Å². The highest BCUT2D eigenvalue weighted by Crippen LogP contribution is 2.53. The van der Waals surface area contributed by atoms with Crippen molar-refractivity contribution in [3.63, 3.8) is 0 Å². The molecule has 0 aliphatic rings. The second kappa shape index (κ2) is 9.50. The highest BCUT2D eigenvalue weighted by molar-refractivity contribution is 7.54. The molecule has 0 aliphatic carbocycles. The first-order valence-corrected chi connectivity index (χ1v) is 9.35. The Morgan fingerprint density at radius 3 is 2.35 bits per heavy atom. The first-order chi connectivity index (χ1) is 10.8. The number of hydrogen-bond acceptors (Lipinski definition) is 6. The normalized spacial score (nSPS) is 12.7. The molecule has 23 heavy (non-hydrogen) atoms. The molecule has 9 heteroatoms. The van der Waals surface area contributed by atoms with Gasteiger partial charge in [0.1, 0.15) is 5.75 Å². The van der Waals surface area contributed by atoms with Gasteiger partial charge in [-0.25, -0.2) is 4.79 Å². The standard InChI is InChI=1S/C14H19Cl2O6P/c1-4-20-23(18,21-5-2)10(3)22-14(17)9-19-13-7-6-11(15)8-12(13)16/h6-8,10H,4-5,9H2,1-3H3. The second-order valence-corrected chi connectivity index (χ2v) is 7.49. The molecule has 0 saturated carbocycles. The Labute approximate surface area is 145 Å². The van der Waals surface area contributed by atoms with E-state index in [1.807, 2.05) is 0 Å². The third kappa shape index (κ3) is 6.32. The van der Waals surface area contributed by atoms with Crippen LogP contribution in [0, 0.1) is 0 Å². The monoisotopic (exact) mass is 384 g/mol. The van der Waals surface area contributed by atoms with Crippen LogP contribution in [0.4, 0.5) is 0 Å². The van der Waals surface area contributed by atoms with Crippen molar-refractivity contribution < 1.29 is 27.9 Å². The Morgan fingerprint density at radius 1 is 1.22 bits per heavy atom. The number of ether oxygens (including phenoxy) is 2. The fourth-order valence-corrected chi connectivity index (χ4v) is 3.55. The molecule has 0 aromatic heterocycles. The van der Waals surface area contributed by atoms with Gasteiger partial charge in [0.15, 0.2) is 12.5 Å². The van der Waals surface area contributed by atoms with Crippen molar-refractivity contribution in [2.24, 2.45) is 0 Å². The van der Waals surface area contributed by atoms with Gasteiger partial charge in [-0.3, -0.25) is 4.57 Å². The maximum atomic E-state index is 12.4. The van der Waals surface area contributed by atoms with Crippen LogP contribution in [0.2, 0.25) is 10.0 Å². The van der Waals surface area contributed by atoms with Crippen molar-refractivity contribution in [3.8, 4) is 5.75 Å². The zero-order valence-electron chi connectivity index (χ0n) is 13.1. The molecule has 0 N–H and O–H groups in total. The second-order valence-electron chi connectivity index (χ2n) is 4.33. The van der Waals surface area contributed by atoms with Crippen molar-refractivity contribution in [2.45, 2.75) is 26.6 Å². The Balaban J connectivity index is 2.59. The van der Waals surface area contributed by atoms with E-state index in [4.69, 9.17) is 41.7 Å². The average Bonchev–Trinajstić information content (AvgIpc) is 2.46. The van der Waals surface area contributed by atoms with Gasteiger partial charge in [-0.2, -0.15) is 0 Å². The minimum absolute atomic E-state index is 0.177. The first kappa shape index (κ1) is 20.3. The van der Waals surface area contributed by atoms with Crippen LogP contribution in [0.3, 0.4) is 0 Å². The van der Waals surface area contributed by atoms with Crippen molar-refractivity contribution >= 4 is 36.8 Å². The lowest BCUT2D eigenvalue weighted by atomic mass is 10.3. The maximum absolute atomic E-state index is 12.4. The summed E-state index contributed by atoms with van der Waals surface area (Å²) < 4.78 is 32.9. The third-order valence-corrected chi connectivity index (χ3v) is 5.37. The van der Waals surface area contributed by atoms with Crippen LogP contribution in [-0.4, -0.2) is 31.6 Å². The Bertz CT molecular complexity index is 570. The summed E-state index contributed by atoms with van der Waals surface area (Å²) >= 11 is 11.7. The lowest BCUT2D eigenvalue weighted by molar-refractivity contribution is -0.148. The van der Waals surface area contributed by atoms with E-state index in [-0.39, 0.29) is 18.2 Å². The molecule has 1 rings (SSSR count). The topological polar surface area (TPSA) is 71.1 Å². The lowest BCUT2D eigenvalue weighted by Gasteiger charge is -2.23. The van der Waals surface area contributed by atoms with E-state index in [0.717, 1.165) is 0 Å². The van der Waals surface area contributed by atoms with Crippen molar-refractivity contribution in [1.82, 2.24) is 0 Å². The summed E-state index contributed by atoms with van der Waals surface area (Å²) in [5.41, 5.74) is 0. The summed E-state index contributed by atoms with van der Waals surface area (Å²) in [6, 6.07) is 4.60. The van der Waals surface area contributed by atoms with Crippen LogP contribution < -0.4 is 4.74 Å². The minimum Gasteiger partial charge on any atom is -0.480 e.